The molecule has 2 amide bonds. The second-order valence-electron chi connectivity index (χ2n) is 11.4. The highest BCUT2D eigenvalue weighted by Crippen LogP contribution is 2.34. The molecule has 1 N–H and O–H groups in total. The highest BCUT2D eigenvalue weighted by Gasteiger charge is 2.35. The first kappa shape index (κ1) is 35.0. The maximum Gasteiger partial charge on any atom is 0.264 e. The van der Waals surface area contributed by atoms with Crippen molar-refractivity contribution >= 4 is 50.7 Å². The van der Waals surface area contributed by atoms with Gasteiger partial charge in [0.1, 0.15) is 31.6 Å². The summed E-state index contributed by atoms with van der Waals surface area (Å²) in [5, 5.41) is 3.46. The van der Waals surface area contributed by atoms with E-state index in [9.17, 15) is 22.4 Å². The van der Waals surface area contributed by atoms with E-state index in [1.807, 2.05) is 30.3 Å². The Morgan fingerprint density at radius 3 is 2.21 bits per heavy atom. The molecule has 48 heavy (non-hydrogen) atoms. The number of nitrogens with zero attached hydrogens (tertiary/aromatic N) is 2. The number of carbonyl (C=O) groups is 2. The van der Waals surface area contributed by atoms with Gasteiger partial charge in [-0.15, -0.1) is 0 Å². The fourth-order valence-corrected chi connectivity index (χ4v) is 6.97. The topological polar surface area (TPSA) is 105 Å². The van der Waals surface area contributed by atoms with Crippen molar-refractivity contribution < 1.29 is 31.9 Å². The number of fused-ring (bicyclic) bond motifs is 1. The molecule has 0 saturated heterocycles. The fourth-order valence-electron chi connectivity index (χ4n) is 5.22. The molecule has 1 aliphatic rings. The molecule has 1 aliphatic heterocycles. The van der Waals surface area contributed by atoms with Gasteiger partial charge in [-0.1, -0.05) is 59.6 Å². The molecular weight excluding hydrogens is 680 g/mol. The van der Waals surface area contributed by atoms with Gasteiger partial charge in [-0.25, -0.2) is 12.8 Å². The Morgan fingerprint density at radius 2 is 1.54 bits per heavy atom. The van der Waals surface area contributed by atoms with Crippen LogP contribution in [0.4, 0.5) is 10.1 Å². The molecule has 252 valence electrons. The van der Waals surface area contributed by atoms with E-state index in [0.29, 0.717) is 22.9 Å². The SMILES string of the molecule is CC(C)NC(=O)C(Cc1ccccc1)N(Cc1ccc(Cl)c(Cl)c1)C(=O)CN(c1ccc(F)cc1)S(=O)(=O)c1ccc2c(c1)OCCO2. The lowest BCUT2D eigenvalue weighted by atomic mass is 10.0. The lowest BCUT2D eigenvalue weighted by molar-refractivity contribution is -0.140. The first-order chi connectivity index (χ1) is 22.9. The van der Waals surface area contributed by atoms with E-state index < -0.39 is 40.2 Å². The van der Waals surface area contributed by atoms with Crippen LogP contribution in [0.15, 0.2) is 95.9 Å². The number of nitrogens with one attached hydrogen (secondary N) is 1. The van der Waals surface area contributed by atoms with Gasteiger partial charge in [0.2, 0.25) is 11.8 Å². The Hall–Kier alpha value is -4.32. The zero-order valence-corrected chi connectivity index (χ0v) is 28.6. The number of sulfonamides is 1. The van der Waals surface area contributed by atoms with Crippen LogP contribution in [0.2, 0.25) is 10.0 Å². The number of hydrogen-bond acceptors (Lipinski definition) is 6. The van der Waals surface area contributed by atoms with E-state index >= 15 is 0 Å². The molecule has 5 rings (SSSR count). The second kappa shape index (κ2) is 15.3. The molecule has 1 atom stereocenters. The highest BCUT2D eigenvalue weighted by atomic mass is 35.5. The second-order valence-corrected chi connectivity index (χ2v) is 14.1. The number of hydrogen-bond donors (Lipinski definition) is 1. The molecule has 9 nitrogen and oxygen atoms in total. The van der Waals surface area contributed by atoms with Crippen LogP contribution in [0.25, 0.3) is 0 Å². The summed E-state index contributed by atoms with van der Waals surface area (Å²) in [7, 11) is -4.45. The number of amides is 2. The number of anilines is 1. The zero-order chi connectivity index (χ0) is 34.4. The van der Waals surface area contributed by atoms with Gasteiger partial charge < -0.3 is 19.7 Å². The van der Waals surface area contributed by atoms with E-state index in [0.717, 1.165) is 22.0 Å². The normalized spacial score (nSPS) is 13.1. The summed E-state index contributed by atoms with van der Waals surface area (Å²) in [5.74, 6) is -1.08. The van der Waals surface area contributed by atoms with E-state index in [1.165, 1.54) is 35.2 Å². The van der Waals surface area contributed by atoms with Gasteiger partial charge in [-0.05, 0) is 73.5 Å². The van der Waals surface area contributed by atoms with Crippen LogP contribution in [-0.2, 0) is 32.6 Å². The summed E-state index contributed by atoms with van der Waals surface area (Å²) in [6, 6.07) is 21.6. The molecule has 0 aliphatic carbocycles. The summed E-state index contributed by atoms with van der Waals surface area (Å²) in [6.07, 6.45) is 0.137. The third-order valence-electron chi connectivity index (χ3n) is 7.53. The smallest absolute Gasteiger partial charge is 0.264 e. The summed E-state index contributed by atoms with van der Waals surface area (Å²) in [5.41, 5.74) is 1.39. The number of ether oxygens (including phenoxy) is 2. The lowest BCUT2D eigenvalue weighted by Gasteiger charge is -2.34. The van der Waals surface area contributed by atoms with Gasteiger partial charge in [0, 0.05) is 25.1 Å². The van der Waals surface area contributed by atoms with Gasteiger partial charge in [-0.2, -0.15) is 0 Å². The molecule has 0 fully saturated rings. The number of rotatable bonds is 12. The third-order valence-corrected chi connectivity index (χ3v) is 10.0. The third kappa shape index (κ3) is 8.39. The number of benzene rings is 4. The van der Waals surface area contributed by atoms with E-state index in [-0.39, 0.29) is 47.0 Å². The molecule has 1 unspecified atom stereocenters. The quantitative estimate of drug-likeness (QED) is 0.186. The van der Waals surface area contributed by atoms with Crippen molar-refractivity contribution in [1.29, 1.82) is 0 Å². The number of halogens is 3. The highest BCUT2D eigenvalue weighted by molar-refractivity contribution is 7.92. The fraction of sp³-hybridized carbons (Fsp3) is 0.257. The average Bonchev–Trinajstić information content (AvgIpc) is 3.07. The van der Waals surface area contributed by atoms with Crippen molar-refractivity contribution in [2.75, 3.05) is 24.1 Å². The Labute approximate surface area is 289 Å². The Kier molecular flexibility index (Phi) is 11.1. The van der Waals surface area contributed by atoms with Gasteiger partial charge >= 0.3 is 0 Å². The van der Waals surface area contributed by atoms with Crippen molar-refractivity contribution in [2.45, 2.75) is 43.8 Å². The summed E-state index contributed by atoms with van der Waals surface area (Å²) in [6.45, 7) is 3.35. The van der Waals surface area contributed by atoms with Crippen LogP contribution in [0.1, 0.15) is 25.0 Å². The van der Waals surface area contributed by atoms with Crippen molar-refractivity contribution in [1.82, 2.24) is 10.2 Å². The van der Waals surface area contributed by atoms with Crippen molar-refractivity contribution in [2.24, 2.45) is 0 Å². The van der Waals surface area contributed by atoms with Crippen LogP contribution in [0, 0.1) is 5.82 Å². The molecule has 0 saturated carbocycles. The molecular formula is C35H34Cl2FN3O6S. The predicted molar refractivity (Wildman–Crippen MR) is 183 cm³/mol. The standard InChI is InChI=1S/C35H34Cl2FN3O6S/c1-23(2)39-35(43)31(19-24-6-4-3-5-7-24)40(21-25-8-14-29(36)30(37)18-25)34(42)22-41(27-11-9-26(38)10-12-27)48(44,45)28-13-15-32-33(20-28)47-17-16-46-32/h3-15,18,20,23,31H,16-17,19,21-22H2,1-2H3,(H,39,43). The maximum atomic E-state index is 14.5. The van der Waals surface area contributed by atoms with Gasteiger partial charge in [0.15, 0.2) is 11.5 Å². The Bertz CT molecular complexity index is 1880. The van der Waals surface area contributed by atoms with Crippen LogP contribution in [0.3, 0.4) is 0 Å². The molecule has 1 heterocycles. The molecule has 0 radical (unpaired) electrons. The first-order valence-corrected chi connectivity index (χ1v) is 17.4. The average molecular weight is 715 g/mol. The first-order valence-electron chi connectivity index (χ1n) is 15.2. The van der Waals surface area contributed by atoms with Gasteiger partial charge in [0.25, 0.3) is 10.0 Å². The zero-order valence-electron chi connectivity index (χ0n) is 26.2. The predicted octanol–water partition coefficient (Wildman–Crippen LogP) is 6.26. The molecule has 4 aromatic rings. The molecule has 4 aromatic carbocycles. The Morgan fingerprint density at radius 1 is 0.854 bits per heavy atom. The maximum absolute atomic E-state index is 14.5. The Balaban J connectivity index is 1.58. The van der Waals surface area contributed by atoms with Crippen LogP contribution >= 0.6 is 23.2 Å². The minimum atomic E-state index is -4.45. The van der Waals surface area contributed by atoms with Crippen LogP contribution < -0.4 is 19.1 Å². The van der Waals surface area contributed by atoms with Crippen molar-refractivity contribution in [3.05, 3.63) is 118 Å². The molecule has 0 aromatic heterocycles. The van der Waals surface area contributed by atoms with Gasteiger partial charge in [-0.3, -0.25) is 13.9 Å². The molecule has 0 spiro atoms. The number of carbonyl (C=O) groups excluding carboxylic acids is 2. The van der Waals surface area contributed by atoms with E-state index in [4.69, 9.17) is 32.7 Å². The molecule has 13 heteroatoms. The molecule has 0 bridgehead atoms. The summed E-state index contributed by atoms with van der Waals surface area (Å²) >= 11 is 12.5. The van der Waals surface area contributed by atoms with Gasteiger partial charge in [0.05, 0.1) is 20.6 Å². The lowest BCUT2D eigenvalue weighted by Crippen LogP contribution is -2.54. The van der Waals surface area contributed by atoms with Crippen molar-refractivity contribution in [3.63, 3.8) is 0 Å². The monoisotopic (exact) mass is 713 g/mol. The van der Waals surface area contributed by atoms with E-state index in [2.05, 4.69) is 5.32 Å². The largest absolute Gasteiger partial charge is 0.486 e. The van der Waals surface area contributed by atoms with Crippen LogP contribution in [0.5, 0.6) is 11.5 Å². The minimum absolute atomic E-state index is 0.0420. The van der Waals surface area contributed by atoms with E-state index in [1.54, 1.807) is 32.0 Å². The van der Waals surface area contributed by atoms with Crippen LogP contribution in [-0.4, -0.2) is 57.0 Å². The van der Waals surface area contributed by atoms with Crippen molar-refractivity contribution in [3.8, 4) is 11.5 Å². The summed E-state index contributed by atoms with van der Waals surface area (Å²) in [4.78, 5) is 29.5. The summed E-state index contributed by atoms with van der Waals surface area (Å²) < 4.78 is 54.7. The minimum Gasteiger partial charge on any atom is -0.486 e.